The largest absolute Gasteiger partial charge is 0.418 e. The van der Waals surface area contributed by atoms with Crippen molar-refractivity contribution in [2.45, 2.75) is 19.5 Å². The van der Waals surface area contributed by atoms with Crippen molar-refractivity contribution in [3.63, 3.8) is 0 Å². The van der Waals surface area contributed by atoms with Gasteiger partial charge < -0.3 is 5.32 Å². The molecule has 0 aliphatic rings. The van der Waals surface area contributed by atoms with Gasteiger partial charge in [-0.3, -0.25) is 9.78 Å². The Morgan fingerprint density at radius 3 is 2.74 bits per heavy atom. The average molecular weight is 443 g/mol. The number of thiazole rings is 1. The molecule has 0 saturated heterocycles. The van der Waals surface area contributed by atoms with Gasteiger partial charge in [0.05, 0.1) is 29.1 Å². The minimum absolute atomic E-state index is 0.0259. The zero-order valence-corrected chi connectivity index (χ0v) is 17.0. The third-order valence-electron chi connectivity index (χ3n) is 4.34. The minimum Gasteiger partial charge on any atom is -0.310 e. The molecule has 0 unspecified atom stereocenters. The number of aryl methyl sites for hydroxylation is 1. The van der Waals surface area contributed by atoms with Crippen LogP contribution in [0.4, 0.5) is 19.0 Å². The quantitative estimate of drug-likeness (QED) is 0.476. The van der Waals surface area contributed by atoms with Crippen LogP contribution in [0.25, 0.3) is 16.3 Å². The first kappa shape index (κ1) is 20.7. The van der Waals surface area contributed by atoms with Crippen LogP contribution in [0.3, 0.4) is 0 Å². The standard InChI is InChI=1S/C21H16F3N5OS/c1-13-9-18(29(28-13)17-7-3-2-6-16(17)21(22,23)24)27-19(30)10-15-12-31-20(26-15)14-5-4-8-25-11-14/h2-9,11-12H,10H2,1H3,(H,27,30). The predicted octanol–water partition coefficient (Wildman–Crippen LogP) is 4.90. The van der Waals surface area contributed by atoms with Crippen molar-refractivity contribution in [2.24, 2.45) is 0 Å². The molecule has 10 heteroatoms. The van der Waals surface area contributed by atoms with Crippen molar-refractivity contribution in [3.8, 4) is 16.3 Å². The van der Waals surface area contributed by atoms with Crippen LogP contribution in [0, 0.1) is 6.92 Å². The van der Waals surface area contributed by atoms with E-state index < -0.39 is 17.6 Å². The number of para-hydroxylation sites is 1. The van der Waals surface area contributed by atoms with Crippen molar-refractivity contribution >= 4 is 23.1 Å². The van der Waals surface area contributed by atoms with Crippen LogP contribution in [0.15, 0.2) is 60.2 Å². The van der Waals surface area contributed by atoms with Crippen LogP contribution < -0.4 is 5.32 Å². The summed E-state index contributed by atoms with van der Waals surface area (Å²) in [6, 6.07) is 10.3. The van der Waals surface area contributed by atoms with Crippen LogP contribution in [0.1, 0.15) is 17.0 Å². The van der Waals surface area contributed by atoms with E-state index in [9.17, 15) is 18.0 Å². The second kappa shape index (κ2) is 8.31. The molecule has 0 fully saturated rings. The maximum absolute atomic E-state index is 13.4. The first-order valence-corrected chi connectivity index (χ1v) is 10.1. The lowest BCUT2D eigenvalue weighted by molar-refractivity contribution is -0.137. The molecule has 0 aliphatic carbocycles. The van der Waals surface area contributed by atoms with E-state index in [-0.39, 0.29) is 17.9 Å². The number of nitrogens with zero attached hydrogens (tertiary/aromatic N) is 4. The summed E-state index contributed by atoms with van der Waals surface area (Å²) < 4.78 is 41.4. The summed E-state index contributed by atoms with van der Waals surface area (Å²) in [5.74, 6) is -0.254. The highest BCUT2D eigenvalue weighted by molar-refractivity contribution is 7.13. The lowest BCUT2D eigenvalue weighted by Gasteiger charge is -2.15. The summed E-state index contributed by atoms with van der Waals surface area (Å²) in [5.41, 5.74) is 0.872. The van der Waals surface area contributed by atoms with E-state index in [2.05, 4.69) is 20.4 Å². The van der Waals surface area contributed by atoms with E-state index in [1.165, 1.54) is 35.6 Å². The number of hydrogen-bond donors (Lipinski definition) is 1. The Kier molecular flexibility index (Phi) is 5.55. The first-order chi connectivity index (χ1) is 14.8. The molecule has 1 N–H and O–H groups in total. The predicted molar refractivity (Wildman–Crippen MR) is 111 cm³/mol. The summed E-state index contributed by atoms with van der Waals surface area (Å²) in [4.78, 5) is 21.1. The van der Waals surface area contributed by atoms with E-state index in [4.69, 9.17) is 0 Å². The summed E-state index contributed by atoms with van der Waals surface area (Å²) in [6.07, 6.45) is -1.24. The molecule has 6 nitrogen and oxygen atoms in total. The molecule has 0 saturated carbocycles. The molecule has 4 aromatic rings. The summed E-state index contributed by atoms with van der Waals surface area (Å²) >= 11 is 1.39. The number of alkyl halides is 3. The van der Waals surface area contributed by atoms with Gasteiger partial charge in [-0.05, 0) is 31.2 Å². The van der Waals surface area contributed by atoms with Gasteiger partial charge >= 0.3 is 6.18 Å². The number of amides is 1. The van der Waals surface area contributed by atoms with Gasteiger partial charge in [-0.2, -0.15) is 18.3 Å². The number of benzene rings is 1. The van der Waals surface area contributed by atoms with E-state index in [1.54, 1.807) is 30.8 Å². The fourth-order valence-corrected chi connectivity index (χ4v) is 3.84. The smallest absolute Gasteiger partial charge is 0.310 e. The SMILES string of the molecule is Cc1cc(NC(=O)Cc2csc(-c3cccnc3)n2)n(-c2ccccc2C(F)(F)F)n1. The second-order valence-corrected chi connectivity index (χ2v) is 7.57. The number of hydrogen-bond acceptors (Lipinski definition) is 5. The Labute approximate surface area is 179 Å². The fraction of sp³-hybridized carbons (Fsp3) is 0.143. The maximum Gasteiger partial charge on any atom is 0.418 e. The summed E-state index contributed by atoms with van der Waals surface area (Å²) in [6.45, 7) is 1.64. The molecular formula is C21H16F3N5OS. The maximum atomic E-state index is 13.4. The van der Waals surface area contributed by atoms with Crippen LogP contribution in [0.2, 0.25) is 0 Å². The topological polar surface area (TPSA) is 72.7 Å². The zero-order chi connectivity index (χ0) is 22.0. The second-order valence-electron chi connectivity index (χ2n) is 6.71. The molecule has 1 amide bonds. The lowest BCUT2D eigenvalue weighted by Crippen LogP contribution is -2.19. The van der Waals surface area contributed by atoms with E-state index >= 15 is 0 Å². The lowest BCUT2D eigenvalue weighted by atomic mass is 10.1. The number of rotatable bonds is 5. The molecule has 0 spiro atoms. The number of nitrogens with one attached hydrogen (secondary N) is 1. The van der Waals surface area contributed by atoms with Gasteiger partial charge in [0, 0.05) is 29.4 Å². The van der Waals surface area contributed by atoms with Gasteiger partial charge in [-0.1, -0.05) is 12.1 Å². The van der Waals surface area contributed by atoms with Gasteiger partial charge in [-0.25, -0.2) is 9.67 Å². The average Bonchev–Trinajstić information content (AvgIpc) is 3.34. The molecule has 158 valence electrons. The van der Waals surface area contributed by atoms with Crippen molar-refractivity contribution in [3.05, 3.63) is 77.2 Å². The fourth-order valence-electron chi connectivity index (χ4n) is 3.03. The van der Waals surface area contributed by atoms with Crippen LogP contribution in [0.5, 0.6) is 0 Å². The number of pyridine rings is 1. The highest BCUT2D eigenvalue weighted by atomic mass is 32.1. The minimum atomic E-state index is -4.55. The number of halogens is 3. The number of aromatic nitrogens is 4. The summed E-state index contributed by atoms with van der Waals surface area (Å²) in [5, 5.41) is 9.29. The van der Waals surface area contributed by atoms with Gasteiger partial charge in [0.2, 0.25) is 5.91 Å². The Hall–Kier alpha value is -3.53. The van der Waals surface area contributed by atoms with Crippen molar-refractivity contribution in [1.29, 1.82) is 0 Å². The van der Waals surface area contributed by atoms with Gasteiger partial charge in [0.1, 0.15) is 10.8 Å². The van der Waals surface area contributed by atoms with Crippen LogP contribution in [-0.2, 0) is 17.4 Å². The molecule has 0 radical (unpaired) electrons. The van der Waals surface area contributed by atoms with E-state index in [0.717, 1.165) is 21.3 Å². The van der Waals surface area contributed by atoms with Crippen molar-refractivity contribution < 1.29 is 18.0 Å². The Balaban J connectivity index is 1.55. The monoisotopic (exact) mass is 443 g/mol. The van der Waals surface area contributed by atoms with Gasteiger partial charge in [-0.15, -0.1) is 11.3 Å². The molecule has 0 atom stereocenters. The van der Waals surface area contributed by atoms with Crippen LogP contribution >= 0.6 is 11.3 Å². The molecule has 3 aromatic heterocycles. The molecule has 0 aliphatic heterocycles. The van der Waals surface area contributed by atoms with E-state index in [0.29, 0.717) is 11.4 Å². The highest BCUT2D eigenvalue weighted by Gasteiger charge is 2.34. The van der Waals surface area contributed by atoms with E-state index in [1.807, 2.05) is 6.07 Å². The molecule has 1 aromatic carbocycles. The molecule has 0 bridgehead atoms. The Bertz CT molecular complexity index is 1220. The molecule has 3 heterocycles. The molecule has 31 heavy (non-hydrogen) atoms. The summed E-state index contributed by atoms with van der Waals surface area (Å²) in [7, 11) is 0. The third kappa shape index (κ3) is 4.64. The number of carbonyl (C=O) groups excluding carboxylic acids is 1. The van der Waals surface area contributed by atoms with Crippen LogP contribution in [-0.4, -0.2) is 25.7 Å². The van der Waals surface area contributed by atoms with Crippen molar-refractivity contribution in [1.82, 2.24) is 19.7 Å². The normalized spacial score (nSPS) is 11.5. The number of carbonyl (C=O) groups is 1. The zero-order valence-electron chi connectivity index (χ0n) is 16.2. The highest BCUT2D eigenvalue weighted by Crippen LogP contribution is 2.34. The molecule has 4 rings (SSSR count). The van der Waals surface area contributed by atoms with Crippen molar-refractivity contribution in [2.75, 3.05) is 5.32 Å². The number of anilines is 1. The Morgan fingerprint density at radius 2 is 2.00 bits per heavy atom. The molecular weight excluding hydrogens is 427 g/mol. The third-order valence-corrected chi connectivity index (χ3v) is 5.28. The Morgan fingerprint density at radius 1 is 1.19 bits per heavy atom. The van der Waals surface area contributed by atoms with Gasteiger partial charge in [0.15, 0.2) is 0 Å². The first-order valence-electron chi connectivity index (χ1n) is 9.19. The van der Waals surface area contributed by atoms with Gasteiger partial charge in [0.25, 0.3) is 0 Å².